The highest BCUT2D eigenvalue weighted by molar-refractivity contribution is 5.99. The van der Waals surface area contributed by atoms with E-state index >= 15 is 0 Å². The van der Waals surface area contributed by atoms with Gasteiger partial charge in [0.05, 0.1) is 6.42 Å². The Balaban J connectivity index is 2.82. The minimum absolute atomic E-state index is 0.0135. The first-order valence-electron chi connectivity index (χ1n) is 4.62. The van der Waals surface area contributed by atoms with Crippen LogP contribution in [0, 0.1) is 6.92 Å². The maximum atomic E-state index is 11.6. The summed E-state index contributed by atoms with van der Waals surface area (Å²) in [5.41, 5.74) is 7.42. The summed E-state index contributed by atoms with van der Waals surface area (Å²) >= 11 is 0. The van der Waals surface area contributed by atoms with Gasteiger partial charge >= 0.3 is 5.97 Å². The number of ketones is 1. The van der Waals surface area contributed by atoms with Gasteiger partial charge in [-0.25, -0.2) is 0 Å². The second-order valence-electron chi connectivity index (χ2n) is 3.34. The van der Waals surface area contributed by atoms with Crippen LogP contribution < -0.4 is 5.73 Å². The van der Waals surface area contributed by atoms with Gasteiger partial charge in [0.25, 0.3) is 0 Å². The lowest BCUT2D eigenvalue weighted by atomic mass is 10.0. The Morgan fingerprint density at radius 2 is 2.00 bits per heavy atom. The third-order valence-corrected chi connectivity index (χ3v) is 2.24. The summed E-state index contributed by atoms with van der Waals surface area (Å²) in [6.07, 6.45) is -0.132. The average molecular weight is 207 g/mol. The van der Waals surface area contributed by atoms with Gasteiger partial charge in [-0.15, -0.1) is 0 Å². The molecule has 0 radical (unpaired) electrons. The number of hydrogen-bond acceptors (Lipinski definition) is 3. The predicted molar refractivity (Wildman–Crippen MR) is 56.8 cm³/mol. The summed E-state index contributed by atoms with van der Waals surface area (Å²) in [5.74, 6) is -1.15. The van der Waals surface area contributed by atoms with Crippen LogP contribution in [0.25, 0.3) is 0 Å². The van der Waals surface area contributed by atoms with Crippen LogP contribution in [0.3, 0.4) is 0 Å². The molecule has 0 aliphatic heterocycles. The van der Waals surface area contributed by atoms with Crippen molar-refractivity contribution in [2.24, 2.45) is 0 Å². The Morgan fingerprint density at radius 3 is 2.60 bits per heavy atom. The van der Waals surface area contributed by atoms with Crippen LogP contribution >= 0.6 is 0 Å². The Morgan fingerprint density at radius 1 is 1.33 bits per heavy atom. The molecule has 4 nitrogen and oxygen atoms in total. The van der Waals surface area contributed by atoms with Gasteiger partial charge in [0.2, 0.25) is 0 Å². The van der Waals surface area contributed by atoms with Gasteiger partial charge in [-0.3, -0.25) is 9.59 Å². The van der Waals surface area contributed by atoms with E-state index in [2.05, 4.69) is 0 Å². The van der Waals surface area contributed by atoms with Crippen molar-refractivity contribution in [3.05, 3.63) is 29.3 Å². The fourth-order valence-electron chi connectivity index (χ4n) is 1.31. The zero-order valence-corrected chi connectivity index (χ0v) is 8.49. The zero-order valence-electron chi connectivity index (χ0n) is 8.49. The molecule has 0 saturated carbocycles. The highest BCUT2D eigenvalue weighted by Gasteiger charge is 2.11. The van der Waals surface area contributed by atoms with Crippen molar-refractivity contribution in [3.63, 3.8) is 0 Å². The van der Waals surface area contributed by atoms with Crippen molar-refractivity contribution < 1.29 is 14.7 Å². The first-order valence-corrected chi connectivity index (χ1v) is 4.62. The Bertz CT molecular complexity index is 399. The second kappa shape index (κ2) is 4.59. The Kier molecular flexibility index (Phi) is 3.44. The summed E-state index contributed by atoms with van der Waals surface area (Å²) in [6.45, 7) is 1.75. The van der Waals surface area contributed by atoms with Crippen LogP contribution in [-0.2, 0) is 4.79 Å². The van der Waals surface area contributed by atoms with Gasteiger partial charge in [0.15, 0.2) is 5.78 Å². The molecule has 3 N–H and O–H groups in total. The van der Waals surface area contributed by atoms with Crippen molar-refractivity contribution in [2.75, 3.05) is 5.73 Å². The summed E-state index contributed by atoms with van der Waals surface area (Å²) in [4.78, 5) is 21.9. The van der Waals surface area contributed by atoms with E-state index in [1.807, 2.05) is 0 Å². The van der Waals surface area contributed by atoms with Crippen LogP contribution in [0.4, 0.5) is 5.69 Å². The molecule has 0 saturated heterocycles. The number of carbonyl (C=O) groups is 2. The number of carbonyl (C=O) groups excluding carboxylic acids is 1. The van der Waals surface area contributed by atoms with Gasteiger partial charge < -0.3 is 10.8 Å². The van der Waals surface area contributed by atoms with Gasteiger partial charge in [-0.1, -0.05) is 12.1 Å². The molecule has 0 fully saturated rings. The number of aliphatic carboxylic acids is 1. The molecule has 4 heteroatoms. The first-order chi connectivity index (χ1) is 7.02. The monoisotopic (exact) mass is 207 g/mol. The number of nitrogen functional groups attached to an aromatic ring is 1. The van der Waals surface area contributed by atoms with Crippen molar-refractivity contribution in [1.82, 2.24) is 0 Å². The van der Waals surface area contributed by atoms with Crippen LogP contribution in [-0.4, -0.2) is 16.9 Å². The molecule has 0 spiro atoms. The van der Waals surface area contributed by atoms with Crippen LogP contribution in [0.5, 0.6) is 0 Å². The number of Topliss-reactive ketones (excluding diaryl/α,β-unsaturated/α-hetero) is 1. The number of nitrogens with two attached hydrogens (primary N) is 1. The standard InChI is InChI=1S/C11H13NO3/c1-7-8(3-2-4-9(7)12)10(13)5-6-11(14)15/h2-4H,5-6,12H2,1H3,(H,14,15). The lowest BCUT2D eigenvalue weighted by Gasteiger charge is -2.06. The number of rotatable bonds is 4. The highest BCUT2D eigenvalue weighted by Crippen LogP contribution is 2.17. The fraction of sp³-hybridized carbons (Fsp3) is 0.273. The zero-order chi connectivity index (χ0) is 11.4. The maximum Gasteiger partial charge on any atom is 0.303 e. The van der Waals surface area contributed by atoms with Crippen LogP contribution in [0.2, 0.25) is 0 Å². The molecule has 0 bridgehead atoms. The number of hydrogen-bond donors (Lipinski definition) is 2. The molecule has 0 atom stereocenters. The topological polar surface area (TPSA) is 80.4 Å². The lowest BCUT2D eigenvalue weighted by molar-refractivity contribution is -0.136. The molecule has 0 heterocycles. The maximum absolute atomic E-state index is 11.6. The van der Waals surface area contributed by atoms with Crippen molar-refractivity contribution in [2.45, 2.75) is 19.8 Å². The van der Waals surface area contributed by atoms with Crippen molar-refractivity contribution in [1.29, 1.82) is 0 Å². The first kappa shape index (κ1) is 11.2. The normalized spacial score (nSPS) is 9.93. The second-order valence-corrected chi connectivity index (χ2v) is 3.34. The van der Waals surface area contributed by atoms with E-state index < -0.39 is 5.97 Å². The largest absolute Gasteiger partial charge is 0.481 e. The third-order valence-electron chi connectivity index (χ3n) is 2.24. The smallest absolute Gasteiger partial charge is 0.303 e. The summed E-state index contributed by atoms with van der Waals surface area (Å²) < 4.78 is 0. The van der Waals surface area contributed by atoms with E-state index in [4.69, 9.17) is 10.8 Å². The minimum Gasteiger partial charge on any atom is -0.481 e. The quantitative estimate of drug-likeness (QED) is 0.580. The molecule has 0 unspecified atom stereocenters. The predicted octanol–water partition coefficient (Wildman–Crippen LogP) is 1.62. The van der Waals surface area contributed by atoms with Gasteiger partial charge in [-0.05, 0) is 18.6 Å². The van der Waals surface area contributed by atoms with Crippen molar-refractivity contribution >= 4 is 17.4 Å². The molecular formula is C11H13NO3. The summed E-state index contributed by atoms with van der Waals surface area (Å²) in [5, 5.41) is 8.46. The van der Waals surface area contributed by atoms with E-state index in [9.17, 15) is 9.59 Å². The number of benzene rings is 1. The molecular weight excluding hydrogens is 194 g/mol. The highest BCUT2D eigenvalue weighted by atomic mass is 16.4. The van der Waals surface area contributed by atoms with E-state index in [0.717, 1.165) is 0 Å². The lowest BCUT2D eigenvalue weighted by Crippen LogP contribution is -2.06. The number of anilines is 1. The van der Waals surface area contributed by atoms with Crippen LogP contribution in [0.15, 0.2) is 18.2 Å². The van der Waals surface area contributed by atoms with Crippen molar-refractivity contribution in [3.8, 4) is 0 Å². The molecule has 0 aliphatic rings. The Labute approximate surface area is 87.7 Å². The molecule has 1 aromatic rings. The molecule has 0 aliphatic carbocycles. The molecule has 0 aromatic heterocycles. The van der Waals surface area contributed by atoms with E-state index in [1.54, 1.807) is 25.1 Å². The van der Waals surface area contributed by atoms with Gasteiger partial charge in [0, 0.05) is 17.7 Å². The van der Waals surface area contributed by atoms with Gasteiger partial charge in [-0.2, -0.15) is 0 Å². The average Bonchev–Trinajstić information content (AvgIpc) is 2.18. The van der Waals surface area contributed by atoms with E-state index in [-0.39, 0.29) is 18.6 Å². The van der Waals surface area contributed by atoms with E-state index in [1.165, 1.54) is 0 Å². The summed E-state index contributed by atoms with van der Waals surface area (Å²) in [7, 11) is 0. The van der Waals surface area contributed by atoms with Crippen LogP contribution in [0.1, 0.15) is 28.8 Å². The molecule has 0 amide bonds. The molecule has 15 heavy (non-hydrogen) atoms. The molecule has 1 aromatic carbocycles. The number of carboxylic acid groups (broad SMARTS) is 1. The van der Waals surface area contributed by atoms with E-state index in [0.29, 0.717) is 16.8 Å². The summed E-state index contributed by atoms with van der Waals surface area (Å²) in [6, 6.07) is 5.06. The third kappa shape index (κ3) is 2.80. The number of carboxylic acids is 1. The van der Waals surface area contributed by atoms with Gasteiger partial charge in [0.1, 0.15) is 0 Å². The molecule has 80 valence electrons. The SMILES string of the molecule is Cc1c(N)cccc1C(=O)CCC(=O)O. The fourth-order valence-corrected chi connectivity index (χ4v) is 1.31. The molecule has 1 rings (SSSR count). The Hall–Kier alpha value is -1.84. The minimum atomic E-state index is -0.968.